The van der Waals surface area contributed by atoms with Crippen molar-refractivity contribution in [3.63, 3.8) is 0 Å². The Labute approximate surface area is 127 Å². The molecule has 0 unspecified atom stereocenters. The number of carbonyl (C=O) groups excluding carboxylic acids is 1. The lowest BCUT2D eigenvalue weighted by atomic mass is 10.1. The van der Waals surface area contributed by atoms with Crippen molar-refractivity contribution < 1.29 is 4.79 Å². The van der Waals surface area contributed by atoms with Crippen LogP contribution >= 0.6 is 15.9 Å². The normalized spacial score (nSPS) is 11.2. The standard InChI is InChI=1S/C17H16BrNO/c1-12-8-9-15(10-13(12)2)19-17(20)16(18)11-14-6-4-3-5-7-14/h3-11H,1-2H3,(H,19,20)/b16-11-. The molecular formula is C17H16BrNO. The van der Waals surface area contributed by atoms with Gasteiger partial charge in [0.15, 0.2) is 0 Å². The molecule has 0 aromatic heterocycles. The predicted molar refractivity (Wildman–Crippen MR) is 87.9 cm³/mol. The van der Waals surface area contributed by atoms with E-state index in [1.807, 2.05) is 62.4 Å². The molecule has 0 saturated carbocycles. The average molecular weight is 330 g/mol. The van der Waals surface area contributed by atoms with E-state index in [1.165, 1.54) is 5.56 Å². The lowest BCUT2D eigenvalue weighted by Crippen LogP contribution is -2.11. The summed E-state index contributed by atoms with van der Waals surface area (Å²) < 4.78 is 0.502. The molecule has 2 aromatic rings. The Balaban J connectivity index is 2.11. The minimum absolute atomic E-state index is 0.155. The predicted octanol–water partition coefficient (Wildman–Crippen LogP) is 4.68. The van der Waals surface area contributed by atoms with E-state index >= 15 is 0 Å². The second kappa shape index (κ2) is 6.53. The van der Waals surface area contributed by atoms with Crippen LogP contribution in [-0.2, 0) is 4.79 Å². The first-order chi connectivity index (χ1) is 9.56. The number of carbonyl (C=O) groups is 1. The molecule has 0 atom stereocenters. The highest BCUT2D eigenvalue weighted by Crippen LogP contribution is 2.18. The van der Waals surface area contributed by atoms with Crippen LogP contribution in [0.4, 0.5) is 5.69 Å². The van der Waals surface area contributed by atoms with Crippen molar-refractivity contribution in [1.82, 2.24) is 0 Å². The van der Waals surface area contributed by atoms with Crippen LogP contribution in [0.1, 0.15) is 16.7 Å². The number of hydrogen-bond acceptors (Lipinski definition) is 1. The van der Waals surface area contributed by atoms with Gasteiger partial charge >= 0.3 is 0 Å². The summed E-state index contributed by atoms with van der Waals surface area (Å²) in [6, 6.07) is 15.6. The van der Waals surface area contributed by atoms with E-state index in [1.54, 1.807) is 6.08 Å². The molecule has 1 amide bonds. The summed E-state index contributed by atoms with van der Waals surface area (Å²) in [6.45, 7) is 4.08. The fourth-order valence-corrected chi connectivity index (χ4v) is 2.13. The lowest BCUT2D eigenvalue weighted by Gasteiger charge is -2.07. The molecule has 0 fully saturated rings. The number of anilines is 1. The van der Waals surface area contributed by atoms with Gasteiger partial charge in [0.2, 0.25) is 0 Å². The first kappa shape index (κ1) is 14.5. The number of halogens is 1. The summed E-state index contributed by atoms with van der Waals surface area (Å²) in [5, 5.41) is 2.88. The molecule has 0 aliphatic rings. The second-order valence-corrected chi connectivity index (χ2v) is 5.51. The van der Waals surface area contributed by atoms with Crippen LogP contribution in [-0.4, -0.2) is 5.91 Å². The molecule has 2 rings (SSSR count). The van der Waals surface area contributed by atoms with Crippen molar-refractivity contribution >= 4 is 33.6 Å². The van der Waals surface area contributed by atoms with Gasteiger partial charge in [-0.15, -0.1) is 0 Å². The maximum absolute atomic E-state index is 12.1. The van der Waals surface area contributed by atoms with Gasteiger partial charge in [0, 0.05) is 5.69 Å². The highest BCUT2D eigenvalue weighted by molar-refractivity contribution is 9.12. The zero-order valence-electron chi connectivity index (χ0n) is 11.5. The van der Waals surface area contributed by atoms with Crippen molar-refractivity contribution in [1.29, 1.82) is 0 Å². The van der Waals surface area contributed by atoms with E-state index in [0.29, 0.717) is 4.48 Å². The van der Waals surface area contributed by atoms with E-state index in [9.17, 15) is 4.79 Å². The zero-order valence-corrected chi connectivity index (χ0v) is 13.1. The Morgan fingerprint density at radius 1 is 1.05 bits per heavy atom. The van der Waals surface area contributed by atoms with Crippen molar-refractivity contribution in [2.75, 3.05) is 5.32 Å². The largest absolute Gasteiger partial charge is 0.322 e. The van der Waals surface area contributed by atoms with Crippen molar-refractivity contribution in [2.45, 2.75) is 13.8 Å². The van der Waals surface area contributed by atoms with Crippen LogP contribution in [0, 0.1) is 13.8 Å². The van der Waals surface area contributed by atoms with E-state index in [0.717, 1.165) is 16.8 Å². The molecule has 102 valence electrons. The molecule has 0 saturated heterocycles. The summed E-state index contributed by atoms with van der Waals surface area (Å²) in [6.07, 6.45) is 1.80. The molecule has 0 heterocycles. The first-order valence-corrected chi connectivity index (χ1v) is 7.16. The van der Waals surface area contributed by atoms with Gasteiger partial charge in [-0.2, -0.15) is 0 Å². The summed E-state index contributed by atoms with van der Waals surface area (Å²) in [4.78, 5) is 12.1. The summed E-state index contributed by atoms with van der Waals surface area (Å²) in [5.41, 5.74) is 4.15. The van der Waals surface area contributed by atoms with Crippen LogP contribution < -0.4 is 5.32 Å². The molecular weight excluding hydrogens is 314 g/mol. The summed E-state index contributed by atoms with van der Waals surface area (Å²) in [7, 11) is 0. The van der Waals surface area contributed by atoms with E-state index < -0.39 is 0 Å². The molecule has 2 nitrogen and oxygen atoms in total. The molecule has 1 N–H and O–H groups in total. The van der Waals surface area contributed by atoms with Crippen LogP contribution in [0.3, 0.4) is 0 Å². The van der Waals surface area contributed by atoms with E-state index in [4.69, 9.17) is 0 Å². The Hall–Kier alpha value is -1.87. The molecule has 0 aliphatic heterocycles. The molecule has 0 radical (unpaired) electrons. The third-order valence-corrected chi connectivity index (χ3v) is 3.66. The summed E-state index contributed by atoms with van der Waals surface area (Å²) >= 11 is 3.32. The maximum Gasteiger partial charge on any atom is 0.262 e. The van der Waals surface area contributed by atoms with Gasteiger partial charge in [0.05, 0.1) is 4.48 Å². The van der Waals surface area contributed by atoms with Gasteiger partial charge in [-0.05, 0) is 64.7 Å². The summed E-state index contributed by atoms with van der Waals surface area (Å²) in [5.74, 6) is -0.155. The van der Waals surface area contributed by atoms with E-state index in [-0.39, 0.29) is 5.91 Å². The van der Waals surface area contributed by atoms with Crippen LogP contribution in [0.2, 0.25) is 0 Å². The van der Waals surface area contributed by atoms with Gasteiger partial charge in [-0.25, -0.2) is 0 Å². The smallest absolute Gasteiger partial charge is 0.262 e. The van der Waals surface area contributed by atoms with Gasteiger partial charge in [0.25, 0.3) is 5.91 Å². The van der Waals surface area contributed by atoms with Crippen LogP contribution in [0.15, 0.2) is 53.0 Å². The number of amides is 1. The Morgan fingerprint density at radius 2 is 1.75 bits per heavy atom. The van der Waals surface area contributed by atoms with E-state index in [2.05, 4.69) is 21.2 Å². The zero-order chi connectivity index (χ0) is 14.5. The number of rotatable bonds is 3. The molecule has 20 heavy (non-hydrogen) atoms. The monoisotopic (exact) mass is 329 g/mol. The topological polar surface area (TPSA) is 29.1 Å². The highest BCUT2D eigenvalue weighted by atomic mass is 79.9. The number of benzene rings is 2. The fraction of sp³-hybridized carbons (Fsp3) is 0.118. The van der Waals surface area contributed by atoms with Crippen molar-refractivity contribution in [2.24, 2.45) is 0 Å². The van der Waals surface area contributed by atoms with Gasteiger partial charge in [0.1, 0.15) is 0 Å². The Morgan fingerprint density at radius 3 is 2.40 bits per heavy atom. The highest BCUT2D eigenvalue weighted by Gasteiger charge is 2.07. The number of nitrogens with one attached hydrogen (secondary N) is 1. The molecule has 3 heteroatoms. The minimum atomic E-state index is -0.155. The van der Waals surface area contributed by atoms with Gasteiger partial charge in [-0.3, -0.25) is 4.79 Å². The van der Waals surface area contributed by atoms with Crippen molar-refractivity contribution in [3.8, 4) is 0 Å². The molecule has 0 bridgehead atoms. The average Bonchev–Trinajstić information content (AvgIpc) is 2.44. The quantitative estimate of drug-likeness (QED) is 0.814. The third kappa shape index (κ3) is 3.81. The fourth-order valence-electron chi connectivity index (χ4n) is 1.77. The molecule has 0 aliphatic carbocycles. The molecule has 0 spiro atoms. The number of hydrogen-bond donors (Lipinski definition) is 1. The Kier molecular flexibility index (Phi) is 4.74. The Bertz CT molecular complexity index is 647. The van der Waals surface area contributed by atoms with Gasteiger partial charge < -0.3 is 5.32 Å². The maximum atomic E-state index is 12.1. The lowest BCUT2D eigenvalue weighted by molar-refractivity contribution is -0.112. The van der Waals surface area contributed by atoms with Crippen LogP contribution in [0.5, 0.6) is 0 Å². The number of aryl methyl sites for hydroxylation is 2. The van der Waals surface area contributed by atoms with Crippen molar-refractivity contribution in [3.05, 3.63) is 69.7 Å². The van der Waals surface area contributed by atoms with Gasteiger partial charge in [-0.1, -0.05) is 36.4 Å². The second-order valence-electron chi connectivity index (χ2n) is 4.66. The third-order valence-electron chi connectivity index (χ3n) is 3.07. The molecule has 2 aromatic carbocycles. The SMILES string of the molecule is Cc1ccc(NC(=O)/C(Br)=C/c2ccccc2)cc1C. The first-order valence-electron chi connectivity index (χ1n) is 6.37. The van der Waals surface area contributed by atoms with Crippen LogP contribution in [0.25, 0.3) is 6.08 Å². The minimum Gasteiger partial charge on any atom is -0.322 e.